The van der Waals surface area contributed by atoms with Crippen LogP contribution >= 0.6 is 0 Å². The minimum absolute atomic E-state index is 0. The fourth-order valence-electron chi connectivity index (χ4n) is 1.00. The van der Waals surface area contributed by atoms with Crippen LogP contribution in [0.5, 0.6) is 0 Å². The predicted molar refractivity (Wildman–Crippen MR) is 70.2 cm³/mol. The summed E-state index contributed by atoms with van der Waals surface area (Å²) in [6.45, 7) is 6.87. The average molecular weight is 295 g/mol. The Morgan fingerprint density at radius 3 is 2.30 bits per heavy atom. The van der Waals surface area contributed by atoms with Gasteiger partial charge in [0, 0.05) is 1.43 Å². The Balaban J connectivity index is 0. The number of aliphatic hydroxyl groups is 1. The first-order valence-electron chi connectivity index (χ1n) is 6.14. The van der Waals surface area contributed by atoms with Crippen LogP contribution in [0.15, 0.2) is 0 Å². The predicted octanol–water partition coefficient (Wildman–Crippen LogP) is 0.705. The first-order chi connectivity index (χ1) is 9.08. The molecule has 0 amide bonds. The van der Waals surface area contributed by atoms with E-state index < -0.39 is 23.1 Å². The molecular formula is C12H25NO7. The van der Waals surface area contributed by atoms with E-state index in [1.165, 1.54) is 0 Å². The summed E-state index contributed by atoms with van der Waals surface area (Å²) in [5.41, 5.74) is 0.383. The molecule has 1 fully saturated rings. The second-order valence-corrected chi connectivity index (χ2v) is 5.60. The zero-order valence-electron chi connectivity index (χ0n) is 12.3. The summed E-state index contributed by atoms with van der Waals surface area (Å²) in [5, 5.41) is 16.8. The minimum atomic E-state index is -0.969. The van der Waals surface area contributed by atoms with Crippen LogP contribution in [0.2, 0.25) is 0 Å². The molecule has 1 rings (SSSR count). The molecule has 1 aliphatic rings. The number of hydrogen-bond acceptors (Lipinski definition) is 8. The first kappa shape index (κ1) is 18.6. The van der Waals surface area contributed by atoms with Crippen molar-refractivity contribution >= 4 is 12.1 Å². The smallest absolute Gasteiger partial charge is 0.464 e. The molecular weight excluding hydrogens is 270 g/mol. The molecule has 0 aromatic rings. The van der Waals surface area contributed by atoms with E-state index in [0.29, 0.717) is 0 Å². The molecule has 1 heterocycles. The molecule has 0 bridgehead atoms. The fraction of sp³-hybridized carbons (Fsp3) is 0.833. The van der Waals surface area contributed by atoms with Crippen LogP contribution < -0.4 is 5.48 Å². The van der Waals surface area contributed by atoms with Gasteiger partial charge in [0.05, 0.1) is 12.1 Å². The Morgan fingerprint density at radius 2 is 1.90 bits per heavy atom. The molecule has 0 aromatic heterocycles. The number of hydroxylamine groups is 1. The molecule has 20 heavy (non-hydrogen) atoms. The van der Waals surface area contributed by atoms with Crippen LogP contribution in [0.3, 0.4) is 0 Å². The Hall–Kier alpha value is -1.38. The fourth-order valence-corrected chi connectivity index (χ4v) is 1.00. The van der Waals surface area contributed by atoms with Gasteiger partial charge in [-0.2, -0.15) is 0 Å². The van der Waals surface area contributed by atoms with Gasteiger partial charge in [0.15, 0.2) is 0 Å². The van der Waals surface area contributed by atoms with Crippen molar-refractivity contribution in [1.29, 1.82) is 0 Å². The Kier molecular flexibility index (Phi) is 7.48. The van der Waals surface area contributed by atoms with Gasteiger partial charge in [-0.25, -0.2) is 10.3 Å². The van der Waals surface area contributed by atoms with E-state index in [2.05, 4.69) is 9.47 Å². The van der Waals surface area contributed by atoms with Crippen LogP contribution in [0.1, 0.15) is 29.1 Å². The van der Waals surface area contributed by atoms with Crippen molar-refractivity contribution in [3.05, 3.63) is 0 Å². The van der Waals surface area contributed by atoms with Crippen LogP contribution in [-0.2, 0) is 19.0 Å². The maximum Gasteiger partial charge on any atom is 0.508 e. The molecule has 0 radical (unpaired) electrons. The van der Waals surface area contributed by atoms with Crippen molar-refractivity contribution in [2.45, 2.75) is 33.3 Å². The third kappa shape index (κ3) is 8.68. The van der Waals surface area contributed by atoms with Crippen molar-refractivity contribution in [2.75, 3.05) is 26.4 Å². The van der Waals surface area contributed by atoms with Crippen LogP contribution in [0.4, 0.5) is 4.79 Å². The van der Waals surface area contributed by atoms with Gasteiger partial charge in [-0.05, 0) is 27.7 Å². The molecule has 120 valence electrons. The zero-order valence-corrected chi connectivity index (χ0v) is 12.3. The topological polar surface area (TPSA) is 114 Å². The highest BCUT2D eigenvalue weighted by Gasteiger charge is 2.41. The molecule has 8 heteroatoms. The number of carbonyl (C=O) groups excluding carboxylic acids is 2. The van der Waals surface area contributed by atoms with Crippen molar-refractivity contribution in [3.8, 4) is 0 Å². The Labute approximate surface area is 119 Å². The highest BCUT2D eigenvalue weighted by molar-refractivity contribution is 5.78. The van der Waals surface area contributed by atoms with Gasteiger partial charge in [-0.1, -0.05) is 0 Å². The van der Waals surface area contributed by atoms with E-state index in [1.54, 1.807) is 27.7 Å². The molecule has 1 aliphatic heterocycles. The molecule has 0 aliphatic carbocycles. The van der Waals surface area contributed by atoms with E-state index >= 15 is 0 Å². The molecule has 1 saturated heterocycles. The molecule has 0 spiro atoms. The molecule has 0 atom stereocenters. The lowest BCUT2D eigenvalue weighted by Gasteiger charge is -2.29. The number of carbonyl (C=O) groups is 2. The number of ether oxygens (including phenoxy) is 3. The zero-order chi connectivity index (χ0) is 15.8. The summed E-state index contributed by atoms with van der Waals surface area (Å²) in [7, 11) is 0. The number of cyclic esters (lactones) is 2. The summed E-state index contributed by atoms with van der Waals surface area (Å²) in [4.78, 5) is 22.1. The van der Waals surface area contributed by atoms with Crippen LogP contribution in [-0.4, -0.2) is 54.4 Å². The molecule has 0 aromatic carbocycles. The Morgan fingerprint density at radius 1 is 1.45 bits per heavy atom. The maximum atomic E-state index is 11.5. The largest absolute Gasteiger partial charge is 0.508 e. The quantitative estimate of drug-likeness (QED) is 0.394. The van der Waals surface area contributed by atoms with Gasteiger partial charge in [-0.3, -0.25) is 4.79 Å². The first-order valence-corrected chi connectivity index (χ1v) is 6.14. The summed E-state index contributed by atoms with van der Waals surface area (Å²) >= 11 is 0. The lowest BCUT2D eigenvalue weighted by molar-refractivity contribution is -0.166. The summed E-state index contributed by atoms with van der Waals surface area (Å²) in [6.07, 6.45) is -0.780. The molecule has 0 unspecified atom stereocenters. The van der Waals surface area contributed by atoms with Crippen LogP contribution in [0, 0.1) is 5.41 Å². The van der Waals surface area contributed by atoms with Gasteiger partial charge in [0.2, 0.25) is 0 Å². The SMILES string of the molecule is CC(C)(C)O.CC1(C(=O)OCCNO)COC(=O)OC1.[HH]. The van der Waals surface area contributed by atoms with Gasteiger partial charge < -0.3 is 24.5 Å². The lowest BCUT2D eigenvalue weighted by Crippen LogP contribution is -2.44. The summed E-state index contributed by atoms with van der Waals surface area (Å²) < 4.78 is 14.0. The number of rotatable bonds is 4. The second kappa shape index (κ2) is 8.03. The number of hydrogen-bond donors (Lipinski definition) is 3. The third-order valence-electron chi connectivity index (χ3n) is 1.96. The lowest BCUT2D eigenvalue weighted by atomic mass is 9.93. The standard InChI is InChI=1S/C8H13NO6.C4H10O.H2/c1-8(4-14-7(11)15-5-8)6(10)13-3-2-9-12;1-4(2,3)5;/h9,12H,2-5H2,1H3;5H,1-3H3;1H. The maximum absolute atomic E-state index is 11.5. The van der Waals surface area contributed by atoms with Gasteiger partial charge >= 0.3 is 12.1 Å². The van der Waals surface area contributed by atoms with Crippen molar-refractivity contribution in [2.24, 2.45) is 5.41 Å². The summed E-state index contributed by atoms with van der Waals surface area (Å²) in [5.74, 6) is -0.523. The van der Waals surface area contributed by atoms with Crippen LogP contribution in [0.25, 0.3) is 0 Å². The van der Waals surface area contributed by atoms with Crippen molar-refractivity contribution in [3.63, 3.8) is 0 Å². The van der Waals surface area contributed by atoms with Gasteiger partial charge in [-0.15, -0.1) is 0 Å². The van der Waals surface area contributed by atoms with E-state index in [-0.39, 0.29) is 27.8 Å². The average Bonchev–Trinajstić information content (AvgIpc) is 2.31. The van der Waals surface area contributed by atoms with E-state index in [0.717, 1.165) is 0 Å². The van der Waals surface area contributed by atoms with E-state index in [9.17, 15) is 9.59 Å². The molecule has 8 nitrogen and oxygen atoms in total. The minimum Gasteiger partial charge on any atom is -0.464 e. The number of esters is 1. The van der Waals surface area contributed by atoms with Gasteiger partial charge in [0.1, 0.15) is 25.2 Å². The molecule has 0 saturated carbocycles. The van der Waals surface area contributed by atoms with Crippen molar-refractivity contribution in [1.82, 2.24) is 5.48 Å². The second-order valence-electron chi connectivity index (χ2n) is 5.60. The van der Waals surface area contributed by atoms with Crippen molar-refractivity contribution < 1.29 is 35.5 Å². The molecule has 3 N–H and O–H groups in total. The number of nitrogens with one attached hydrogen (secondary N) is 1. The highest BCUT2D eigenvalue weighted by Crippen LogP contribution is 2.23. The van der Waals surface area contributed by atoms with E-state index in [4.69, 9.17) is 15.1 Å². The normalized spacial score (nSPS) is 17.2. The summed E-state index contributed by atoms with van der Waals surface area (Å²) in [6, 6.07) is 0. The third-order valence-corrected chi connectivity index (χ3v) is 1.96. The highest BCUT2D eigenvalue weighted by atomic mass is 16.7. The van der Waals surface area contributed by atoms with Gasteiger partial charge in [0.25, 0.3) is 0 Å². The Bertz CT molecular complexity index is 314. The van der Waals surface area contributed by atoms with E-state index in [1.807, 2.05) is 5.48 Å². The monoisotopic (exact) mass is 295 g/mol.